The molecule has 6 heteroatoms. The minimum Gasteiger partial charge on any atom is -0.398 e. The number of rotatable bonds is 3. The highest BCUT2D eigenvalue weighted by Gasteiger charge is 2.11. The molecule has 0 amide bonds. The number of halogens is 3. The van der Waals surface area contributed by atoms with E-state index in [-0.39, 0.29) is 0 Å². The first-order chi connectivity index (χ1) is 9.43. The van der Waals surface area contributed by atoms with Gasteiger partial charge in [-0.1, -0.05) is 0 Å². The second-order valence-electron chi connectivity index (χ2n) is 4.26. The predicted molar refractivity (Wildman–Crippen MR) is 80.8 cm³/mol. The number of nitrogens with two attached hydrogens (primary N) is 1. The molecule has 0 aliphatic carbocycles. The molecule has 0 saturated carbocycles. The second-order valence-corrected chi connectivity index (χ2v) is 5.06. The smallest absolute Gasteiger partial charge is 0.160 e. The van der Waals surface area contributed by atoms with Gasteiger partial charge in [0.15, 0.2) is 11.6 Å². The summed E-state index contributed by atoms with van der Waals surface area (Å²) >= 11 is 3.40. The van der Waals surface area contributed by atoms with Crippen molar-refractivity contribution in [2.75, 3.05) is 11.1 Å². The molecule has 2 aromatic carbocycles. The summed E-state index contributed by atoms with van der Waals surface area (Å²) in [6.07, 6.45) is 1.14. The van der Waals surface area contributed by atoms with Crippen LogP contribution in [0.2, 0.25) is 0 Å². The Hall–Kier alpha value is -1.95. The normalized spacial score (nSPS) is 10.4. The number of hydrogen-bond donors (Lipinski definition) is 3. The number of hydrogen-bond acceptors (Lipinski definition) is 3. The standard InChI is InChI=1S/C14H12BrF2N3/c1-7-13(15)12(4-8(6-18)14(7)19)20-9-2-3-10(16)11(17)5-9/h2-6,18,20H,19H2,1H3. The van der Waals surface area contributed by atoms with Gasteiger partial charge in [-0.3, -0.25) is 0 Å². The Morgan fingerprint density at radius 2 is 1.95 bits per heavy atom. The van der Waals surface area contributed by atoms with E-state index in [4.69, 9.17) is 11.1 Å². The average Bonchev–Trinajstić information content (AvgIpc) is 2.43. The molecule has 104 valence electrons. The summed E-state index contributed by atoms with van der Waals surface area (Å²) in [5.74, 6) is -1.83. The van der Waals surface area contributed by atoms with Crippen molar-refractivity contribution in [3.63, 3.8) is 0 Å². The molecule has 0 radical (unpaired) electrons. The van der Waals surface area contributed by atoms with Gasteiger partial charge in [-0.05, 0) is 46.6 Å². The molecule has 0 aliphatic heterocycles. The van der Waals surface area contributed by atoms with Gasteiger partial charge in [-0.2, -0.15) is 0 Å². The van der Waals surface area contributed by atoms with Crippen molar-refractivity contribution in [2.45, 2.75) is 6.92 Å². The molecule has 0 aliphatic rings. The largest absolute Gasteiger partial charge is 0.398 e. The average molecular weight is 340 g/mol. The highest BCUT2D eigenvalue weighted by Crippen LogP contribution is 2.34. The maximum Gasteiger partial charge on any atom is 0.160 e. The second kappa shape index (κ2) is 5.58. The molecule has 20 heavy (non-hydrogen) atoms. The molecule has 0 aromatic heterocycles. The van der Waals surface area contributed by atoms with Crippen LogP contribution in [0, 0.1) is 24.0 Å². The Balaban J connectivity index is 2.45. The van der Waals surface area contributed by atoms with E-state index < -0.39 is 11.6 Å². The lowest BCUT2D eigenvalue weighted by atomic mass is 10.1. The van der Waals surface area contributed by atoms with Crippen molar-refractivity contribution >= 4 is 39.2 Å². The molecule has 0 unspecified atom stereocenters. The molecule has 0 atom stereocenters. The van der Waals surface area contributed by atoms with E-state index in [0.29, 0.717) is 27.1 Å². The number of nitrogens with one attached hydrogen (secondary N) is 2. The van der Waals surface area contributed by atoms with E-state index in [2.05, 4.69) is 21.2 Å². The fourth-order valence-corrected chi connectivity index (χ4v) is 2.20. The van der Waals surface area contributed by atoms with Crippen LogP contribution >= 0.6 is 15.9 Å². The van der Waals surface area contributed by atoms with E-state index in [0.717, 1.165) is 23.9 Å². The number of nitrogen functional groups attached to an aromatic ring is 1. The van der Waals surface area contributed by atoms with Crippen LogP contribution < -0.4 is 11.1 Å². The highest BCUT2D eigenvalue weighted by molar-refractivity contribution is 9.10. The fraction of sp³-hybridized carbons (Fsp3) is 0.0714. The van der Waals surface area contributed by atoms with Crippen LogP contribution in [0.25, 0.3) is 0 Å². The first kappa shape index (κ1) is 14.5. The zero-order valence-corrected chi connectivity index (χ0v) is 12.2. The van der Waals surface area contributed by atoms with Gasteiger partial charge in [0.05, 0.1) is 5.69 Å². The summed E-state index contributed by atoms with van der Waals surface area (Å²) in [4.78, 5) is 0. The Labute approximate surface area is 123 Å². The topological polar surface area (TPSA) is 61.9 Å². The van der Waals surface area contributed by atoms with Crippen LogP contribution in [0.5, 0.6) is 0 Å². The Bertz CT molecular complexity index is 687. The van der Waals surface area contributed by atoms with Gasteiger partial charge in [0.2, 0.25) is 0 Å². The van der Waals surface area contributed by atoms with Crippen molar-refractivity contribution < 1.29 is 8.78 Å². The van der Waals surface area contributed by atoms with Gasteiger partial charge in [-0.25, -0.2) is 8.78 Å². The third kappa shape index (κ3) is 2.65. The first-order valence-electron chi connectivity index (χ1n) is 5.75. The van der Waals surface area contributed by atoms with E-state index in [9.17, 15) is 8.78 Å². The lowest BCUT2D eigenvalue weighted by Gasteiger charge is -2.14. The lowest BCUT2D eigenvalue weighted by Crippen LogP contribution is -2.01. The molecular weight excluding hydrogens is 328 g/mol. The van der Waals surface area contributed by atoms with Crippen LogP contribution in [-0.4, -0.2) is 6.21 Å². The van der Waals surface area contributed by atoms with Crippen molar-refractivity contribution in [2.24, 2.45) is 0 Å². The lowest BCUT2D eigenvalue weighted by molar-refractivity contribution is 0.509. The monoisotopic (exact) mass is 339 g/mol. The zero-order valence-electron chi connectivity index (χ0n) is 10.6. The molecule has 0 fully saturated rings. The summed E-state index contributed by atoms with van der Waals surface area (Å²) < 4.78 is 26.8. The molecule has 3 nitrogen and oxygen atoms in total. The van der Waals surface area contributed by atoms with Gasteiger partial charge < -0.3 is 16.5 Å². The summed E-state index contributed by atoms with van der Waals surface area (Å²) in [7, 11) is 0. The Kier molecular flexibility index (Phi) is 4.04. The maximum absolute atomic E-state index is 13.2. The van der Waals surface area contributed by atoms with Crippen LogP contribution in [0.1, 0.15) is 11.1 Å². The van der Waals surface area contributed by atoms with E-state index in [1.54, 1.807) is 6.07 Å². The van der Waals surface area contributed by atoms with Crippen LogP contribution in [0.15, 0.2) is 28.7 Å². The van der Waals surface area contributed by atoms with Crippen LogP contribution in [-0.2, 0) is 0 Å². The van der Waals surface area contributed by atoms with E-state index >= 15 is 0 Å². The van der Waals surface area contributed by atoms with Gasteiger partial charge in [-0.15, -0.1) is 0 Å². The van der Waals surface area contributed by atoms with Gasteiger partial charge in [0.1, 0.15) is 0 Å². The van der Waals surface area contributed by atoms with Gasteiger partial charge in [0.25, 0.3) is 0 Å². The third-order valence-electron chi connectivity index (χ3n) is 2.93. The number of benzene rings is 2. The van der Waals surface area contributed by atoms with Crippen molar-refractivity contribution in [1.29, 1.82) is 5.41 Å². The SMILES string of the molecule is Cc1c(N)c(C=N)cc(Nc2ccc(F)c(F)c2)c1Br. The van der Waals surface area contributed by atoms with Crippen molar-refractivity contribution in [3.8, 4) is 0 Å². The summed E-state index contributed by atoms with van der Waals surface area (Å²) in [6, 6.07) is 5.21. The quantitative estimate of drug-likeness (QED) is 0.574. The van der Waals surface area contributed by atoms with Crippen molar-refractivity contribution in [1.82, 2.24) is 0 Å². The summed E-state index contributed by atoms with van der Waals surface area (Å²) in [6.45, 7) is 1.81. The molecule has 2 aromatic rings. The highest BCUT2D eigenvalue weighted by atomic mass is 79.9. The maximum atomic E-state index is 13.2. The molecule has 0 saturated heterocycles. The van der Waals surface area contributed by atoms with E-state index in [1.165, 1.54) is 6.07 Å². The third-order valence-corrected chi connectivity index (χ3v) is 3.96. The van der Waals surface area contributed by atoms with Crippen LogP contribution in [0.4, 0.5) is 25.8 Å². The molecule has 0 spiro atoms. The first-order valence-corrected chi connectivity index (χ1v) is 6.54. The summed E-state index contributed by atoms with van der Waals surface area (Å²) in [5, 5.41) is 10.3. The fourth-order valence-electron chi connectivity index (χ4n) is 1.77. The molecule has 0 heterocycles. The Morgan fingerprint density at radius 1 is 1.25 bits per heavy atom. The minimum absolute atomic E-state index is 0.407. The summed E-state index contributed by atoms with van der Waals surface area (Å²) in [5.41, 5.74) is 8.74. The van der Waals surface area contributed by atoms with Gasteiger partial charge >= 0.3 is 0 Å². The van der Waals surface area contributed by atoms with Gasteiger partial charge in [0, 0.05) is 33.7 Å². The Morgan fingerprint density at radius 3 is 2.55 bits per heavy atom. The zero-order chi connectivity index (χ0) is 14.9. The molecule has 2 rings (SSSR count). The van der Waals surface area contributed by atoms with E-state index in [1.807, 2.05) is 6.92 Å². The minimum atomic E-state index is -0.925. The predicted octanol–water partition coefficient (Wildman–Crippen LogP) is 4.36. The molecule has 0 bridgehead atoms. The number of anilines is 3. The van der Waals surface area contributed by atoms with Crippen molar-refractivity contribution in [3.05, 3.63) is 51.5 Å². The molecule has 4 N–H and O–H groups in total. The molecular formula is C14H12BrF2N3. The van der Waals surface area contributed by atoms with Crippen LogP contribution in [0.3, 0.4) is 0 Å².